The molecule has 0 spiro atoms. The molecule has 0 aliphatic carbocycles. The molecule has 0 radical (unpaired) electrons. The predicted octanol–water partition coefficient (Wildman–Crippen LogP) is 3.85. The molecule has 13 heavy (non-hydrogen) atoms. The summed E-state index contributed by atoms with van der Waals surface area (Å²) in [5, 5.41) is 0. The van der Waals surface area contributed by atoms with Crippen LogP contribution in [-0.2, 0) is 0 Å². The lowest BCUT2D eigenvalue weighted by atomic mass is 9.95. The third kappa shape index (κ3) is 4.87. The van der Waals surface area contributed by atoms with E-state index < -0.39 is 0 Å². The van der Waals surface area contributed by atoms with E-state index in [1.807, 2.05) is 0 Å². The van der Waals surface area contributed by atoms with E-state index in [1.54, 1.807) is 0 Å². The minimum Gasteiger partial charge on any atom is -0.291 e. The van der Waals surface area contributed by atoms with Gasteiger partial charge in [0.05, 0.1) is 6.04 Å². The topological polar surface area (TPSA) is 12.4 Å². The Kier molecular flexibility index (Phi) is 5.68. The van der Waals surface area contributed by atoms with Crippen molar-refractivity contribution in [3.05, 3.63) is 11.6 Å². The average molecular weight is 181 g/mol. The molecule has 76 valence electrons. The van der Waals surface area contributed by atoms with Crippen molar-refractivity contribution in [1.82, 2.24) is 0 Å². The molecule has 2 atom stereocenters. The van der Waals surface area contributed by atoms with Crippen LogP contribution in [0.1, 0.15) is 48.0 Å². The first-order valence-corrected chi connectivity index (χ1v) is 5.16. The number of hydrogen-bond acceptors (Lipinski definition) is 1. The lowest BCUT2D eigenvalue weighted by Gasteiger charge is -2.17. The van der Waals surface area contributed by atoms with Crippen molar-refractivity contribution in [1.29, 1.82) is 0 Å². The van der Waals surface area contributed by atoms with Gasteiger partial charge in [0.15, 0.2) is 0 Å². The third-order valence-electron chi connectivity index (χ3n) is 2.43. The minimum atomic E-state index is 0.410. The van der Waals surface area contributed by atoms with Gasteiger partial charge in [-0.15, -0.1) is 0 Å². The molecule has 0 heterocycles. The zero-order valence-corrected chi connectivity index (χ0v) is 9.89. The van der Waals surface area contributed by atoms with Crippen molar-refractivity contribution in [2.75, 3.05) is 0 Å². The SMILES string of the molecule is CC/C=C(\C)C(C)C(C)N=C(C)C. The number of hydrogen-bond donors (Lipinski definition) is 0. The zero-order valence-electron chi connectivity index (χ0n) is 9.89. The van der Waals surface area contributed by atoms with Crippen molar-refractivity contribution in [3.63, 3.8) is 0 Å². The second-order valence-corrected chi connectivity index (χ2v) is 3.96. The largest absolute Gasteiger partial charge is 0.291 e. The highest BCUT2D eigenvalue weighted by molar-refractivity contribution is 5.79. The van der Waals surface area contributed by atoms with E-state index in [-0.39, 0.29) is 0 Å². The molecule has 0 aliphatic heterocycles. The zero-order chi connectivity index (χ0) is 10.4. The van der Waals surface area contributed by atoms with E-state index in [9.17, 15) is 0 Å². The van der Waals surface area contributed by atoms with Crippen molar-refractivity contribution in [2.45, 2.75) is 54.0 Å². The monoisotopic (exact) mass is 181 g/mol. The maximum atomic E-state index is 4.56. The lowest BCUT2D eigenvalue weighted by molar-refractivity contribution is 0.553. The highest BCUT2D eigenvalue weighted by Gasteiger charge is 2.11. The van der Waals surface area contributed by atoms with Gasteiger partial charge in [0.2, 0.25) is 0 Å². The van der Waals surface area contributed by atoms with Crippen LogP contribution in [0.2, 0.25) is 0 Å². The summed E-state index contributed by atoms with van der Waals surface area (Å²) in [7, 11) is 0. The molecule has 0 saturated carbocycles. The number of aliphatic imine (C=N–C) groups is 1. The van der Waals surface area contributed by atoms with E-state index in [1.165, 1.54) is 11.3 Å². The first-order valence-electron chi connectivity index (χ1n) is 5.16. The summed E-state index contributed by atoms with van der Waals surface area (Å²) in [5.74, 6) is 0.565. The molecule has 0 aromatic rings. The summed E-state index contributed by atoms with van der Waals surface area (Å²) in [5.41, 5.74) is 2.63. The van der Waals surface area contributed by atoms with Crippen LogP contribution < -0.4 is 0 Å². The molecule has 0 N–H and O–H groups in total. The Hall–Kier alpha value is -0.590. The fourth-order valence-electron chi connectivity index (χ4n) is 1.41. The fraction of sp³-hybridized carbons (Fsp3) is 0.750. The highest BCUT2D eigenvalue weighted by atomic mass is 14.8. The van der Waals surface area contributed by atoms with Crippen LogP contribution in [0.15, 0.2) is 16.6 Å². The Morgan fingerprint density at radius 2 is 1.77 bits per heavy atom. The number of rotatable bonds is 4. The Labute approximate surface area is 83.0 Å². The maximum Gasteiger partial charge on any atom is 0.0533 e. The van der Waals surface area contributed by atoms with E-state index in [0.29, 0.717) is 12.0 Å². The molecular weight excluding hydrogens is 158 g/mol. The van der Waals surface area contributed by atoms with Gasteiger partial charge in [-0.2, -0.15) is 0 Å². The van der Waals surface area contributed by atoms with Crippen LogP contribution >= 0.6 is 0 Å². The molecule has 0 aromatic carbocycles. The summed E-state index contributed by atoms with van der Waals surface area (Å²) in [6.45, 7) is 12.9. The summed E-state index contributed by atoms with van der Waals surface area (Å²) in [6, 6.07) is 0.410. The van der Waals surface area contributed by atoms with Crippen LogP contribution in [0, 0.1) is 5.92 Å². The molecule has 0 fully saturated rings. The molecule has 0 saturated heterocycles. The van der Waals surface area contributed by atoms with E-state index in [0.717, 1.165) is 6.42 Å². The van der Waals surface area contributed by atoms with Gasteiger partial charge in [-0.1, -0.05) is 25.5 Å². The summed E-state index contributed by atoms with van der Waals surface area (Å²) < 4.78 is 0. The summed E-state index contributed by atoms with van der Waals surface area (Å²) in [6.07, 6.45) is 3.42. The van der Waals surface area contributed by atoms with Gasteiger partial charge in [0, 0.05) is 5.71 Å². The molecule has 0 aliphatic rings. The normalized spacial score (nSPS) is 16.6. The predicted molar refractivity (Wildman–Crippen MR) is 61.5 cm³/mol. The van der Waals surface area contributed by atoms with Gasteiger partial charge in [-0.3, -0.25) is 4.99 Å². The highest BCUT2D eigenvalue weighted by Crippen LogP contribution is 2.17. The van der Waals surface area contributed by atoms with Gasteiger partial charge in [0.25, 0.3) is 0 Å². The second kappa shape index (κ2) is 5.95. The van der Waals surface area contributed by atoms with Crippen molar-refractivity contribution < 1.29 is 0 Å². The van der Waals surface area contributed by atoms with Gasteiger partial charge in [0.1, 0.15) is 0 Å². The van der Waals surface area contributed by atoms with Crippen LogP contribution in [0.3, 0.4) is 0 Å². The third-order valence-corrected chi connectivity index (χ3v) is 2.43. The van der Waals surface area contributed by atoms with E-state index in [2.05, 4.69) is 52.6 Å². The van der Waals surface area contributed by atoms with Gasteiger partial charge >= 0.3 is 0 Å². The van der Waals surface area contributed by atoms with E-state index in [4.69, 9.17) is 0 Å². The average Bonchev–Trinajstić information content (AvgIpc) is 2.02. The number of allylic oxidation sites excluding steroid dienone is 1. The van der Waals surface area contributed by atoms with Crippen molar-refractivity contribution in [2.24, 2.45) is 10.9 Å². The van der Waals surface area contributed by atoms with Gasteiger partial charge in [-0.05, 0) is 40.0 Å². The summed E-state index contributed by atoms with van der Waals surface area (Å²) >= 11 is 0. The van der Waals surface area contributed by atoms with Crippen molar-refractivity contribution in [3.8, 4) is 0 Å². The Balaban J connectivity index is 4.33. The molecule has 0 amide bonds. The first kappa shape index (κ1) is 12.4. The standard InChI is InChI=1S/C12H23N/c1-7-8-10(4)11(5)12(6)13-9(2)3/h8,11-12H,7H2,1-6H3/b10-8+. The van der Waals surface area contributed by atoms with Crippen LogP contribution in [0.5, 0.6) is 0 Å². The van der Waals surface area contributed by atoms with Gasteiger partial charge < -0.3 is 0 Å². The molecule has 1 nitrogen and oxygen atoms in total. The van der Waals surface area contributed by atoms with Crippen molar-refractivity contribution >= 4 is 5.71 Å². The molecule has 0 bridgehead atoms. The molecule has 0 aromatic heterocycles. The lowest BCUT2D eigenvalue weighted by Crippen LogP contribution is -2.14. The molecule has 0 rings (SSSR count). The van der Waals surface area contributed by atoms with Gasteiger partial charge in [-0.25, -0.2) is 0 Å². The van der Waals surface area contributed by atoms with E-state index >= 15 is 0 Å². The van der Waals surface area contributed by atoms with Crippen LogP contribution in [0.4, 0.5) is 0 Å². The van der Waals surface area contributed by atoms with Crippen LogP contribution in [0.25, 0.3) is 0 Å². The summed E-state index contributed by atoms with van der Waals surface area (Å²) in [4.78, 5) is 4.56. The van der Waals surface area contributed by atoms with Crippen LogP contribution in [-0.4, -0.2) is 11.8 Å². The second-order valence-electron chi connectivity index (χ2n) is 3.96. The molecule has 2 unspecified atom stereocenters. The fourth-order valence-corrected chi connectivity index (χ4v) is 1.41. The first-order chi connectivity index (χ1) is 5.99. The molecule has 1 heteroatoms. The smallest absolute Gasteiger partial charge is 0.0533 e. The Morgan fingerprint density at radius 3 is 2.15 bits per heavy atom. The Bertz CT molecular complexity index is 197. The maximum absolute atomic E-state index is 4.56. The Morgan fingerprint density at radius 1 is 1.23 bits per heavy atom. The minimum absolute atomic E-state index is 0.410. The quantitative estimate of drug-likeness (QED) is 0.461. The molecular formula is C12H23N. The number of nitrogens with zero attached hydrogens (tertiary/aromatic N) is 1.